The summed E-state index contributed by atoms with van der Waals surface area (Å²) in [5.74, 6) is 0.898. The van der Waals surface area contributed by atoms with E-state index in [-0.39, 0.29) is 5.97 Å². The molecule has 0 amide bonds. The summed E-state index contributed by atoms with van der Waals surface area (Å²) < 4.78 is 5.24. The molecule has 2 rings (SSSR count). The van der Waals surface area contributed by atoms with Gasteiger partial charge in [-0.2, -0.15) is 0 Å². The maximum Gasteiger partial charge on any atom is 0.326 e. The largest absolute Gasteiger partial charge is 0.468 e. The van der Waals surface area contributed by atoms with Crippen molar-refractivity contribution >= 4 is 5.97 Å². The molecule has 3 nitrogen and oxygen atoms in total. The molecule has 0 bridgehead atoms. The fraction of sp³-hybridized carbons (Fsp3) is 0.944. The first-order valence-electron chi connectivity index (χ1n) is 8.96. The highest BCUT2D eigenvalue weighted by atomic mass is 16.5. The Kier molecular flexibility index (Phi) is 6.09. The summed E-state index contributed by atoms with van der Waals surface area (Å²) in [5.41, 5.74) is -0.434. The van der Waals surface area contributed by atoms with Crippen molar-refractivity contribution in [2.45, 2.75) is 89.6 Å². The van der Waals surface area contributed by atoms with Gasteiger partial charge in [0.2, 0.25) is 0 Å². The predicted molar refractivity (Wildman–Crippen MR) is 86.2 cm³/mol. The van der Waals surface area contributed by atoms with Crippen LogP contribution in [0.5, 0.6) is 0 Å². The van der Waals surface area contributed by atoms with Gasteiger partial charge in [0.05, 0.1) is 7.11 Å². The summed E-state index contributed by atoms with van der Waals surface area (Å²) >= 11 is 0. The van der Waals surface area contributed by atoms with Crippen molar-refractivity contribution < 1.29 is 9.53 Å². The Morgan fingerprint density at radius 1 is 1.05 bits per heavy atom. The minimum absolute atomic E-state index is 0.0230. The zero-order chi connectivity index (χ0) is 15.3. The molecule has 0 aromatic heterocycles. The third-order valence-electron chi connectivity index (χ3n) is 5.64. The highest BCUT2D eigenvalue weighted by Gasteiger charge is 2.49. The van der Waals surface area contributed by atoms with E-state index in [1.54, 1.807) is 7.11 Å². The smallest absolute Gasteiger partial charge is 0.326 e. The van der Waals surface area contributed by atoms with Gasteiger partial charge in [-0.05, 0) is 37.5 Å². The fourth-order valence-corrected chi connectivity index (χ4v) is 4.56. The second kappa shape index (κ2) is 7.62. The molecule has 0 saturated heterocycles. The van der Waals surface area contributed by atoms with E-state index in [1.807, 2.05) is 0 Å². The van der Waals surface area contributed by atoms with Gasteiger partial charge in [0.25, 0.3) is 0 Å². The standard InChI is InChI=1S/C18H33NO2/c1-14(2)16-12-8-9-13-18(16,17(20)21-3)19-15-10-6-4-5-7-11-15/h14-16,19H,4-13H2,1-3H3. The van der Waals surface area contributed by atoms with Gasteiger partial charge >= 0.3 is 5.97 Å². The molecule has 0 heterocycles. The van der Waals surface area contributed by atoms with E-state index in [2.05, 4.69) is 19.2 Å². The van der Waals surface area contributed by atoms with Gasteiger partial charge in [0.15, 0.2) is 0 Å². The van der Waals surface area contributed by atoms with E-state index >= 15 is 0 Å². The van der Waals surface area contributed by atoms with Crippen LogP contribution in [0.2, 0.25) is 0 Å². The molecule has 0 aliphatic heterocycles. The van der Waals surface area contributed by atoms with Gasteiger partial charge in [-0.15, -0.1) is 0 Å². The maximum atomic E-state index is 12.7. The molecule has 0 radical (unpaired) electrons. The lowest BCUT2D eigenvalue weighted by Gasteiger charge is -2.46. The Morgan fingerprint density at radius 3 is 2.24 bits per heavy atom. The summed E-state index contributed by atoms with van der Waals surface area (Å²) in [4.78, 5) is 12.7. The summed E-state index contributed by atoms with van der Waals surface area (Å²) in [6, 6.07) is 0.492. The van der Waals surface area contributed by atoms with E-state index in [0.717, 1.165) is 19.3 Å². The first-order chi connectivity index (χ1) is 10.1. The SMILES string of the molecule is COC(=O)C1(NC2CCCCCC2)CCCCC1C(C)C. The topological polar surface area (TPSA) is 38.3 Å². The maximum absolute atomic E-state index is 12.7. The number of carbonyl (C=O) groups excluding carboxylic acids is 1. The minimum atomic E-state index is -0.434. The van der Waals surface area contributed by atoms with E-state index < -0.39 is 5.54 Å². The number of hydrogen-bond donors (Lipinski definition) is 1. The van der Waals surface area contributed by atoms with Crippen LogP contribution in [0.25, 0.3) is 0 Å². The number of rotatable bonds is 4. The van der Waals surface area contributed by atoms with Gasteiger partial charge in [-0.1, -0.05) is 52.4 Å². The highest BCUT2D eigenvalue weighted by Crippen LogP contribution is 2.40. The van der Waals surface area contributed by atoms with Crippen molar-refractivity contribution in [2.24, 2.45) is 11.8 Å². The van der Waals surface area contributed by atoms with Crippen molar-refractivity contribution in [3.63, 3.8) is 0 Å². The predicted octanol–water partition coefficient (Wildman–Crippen LogP) is 4.06. The van der Waals surface area contributed by atoms with E-state index in [4.69, 9.17) is 4.74 Å². The number of methoxy groups -OCH3 is 1. The Labute approximate surface area is 130 Å². The molecule has 2 unspecified atom stereocenters. The van der Waals surface area contributed by atoms with Crippen LogP contribution >= 0.6 is 0 Å². The third kappa shape index (κ3) is 3.80. The number of esters is 1. The first kappa shape index (κ1) is 16.8. The summed E-state index contributed by atoms with van der Waals surface area (Å²) in [6.45, 7) is 4.50. The Morgan fingerprint density at radius 2 is 1.67 bits per heavy atom. The summed E-state index contributed by atoms with van der Waals surface area (Å²) in [6.07, 6.45) is 12.2. The van der Waals surface area contributed by atoms with Gasteiger partial charge in [-0.25, -0.2) is 0 Å². The number of carbonyl (C=O) groups is 1. The Hall–Kier alpha value is -0.570. The molecule has 2 atom stereocenters. The van der Waals surface area contributed by atoms with Crippen LogP contribution in [0.4, 0.5) is 0 Å². The van der Waals surface area contributed by atoms with E-state index in [9.17, 15) is 4.79 Å². The molecule has 3 heteroatoms. The molecule has 1 N–H and O–H groups in total. The Bertz CT molecular complexity index is 334. The van der Waals surface area contributed by atoms with E-state index in [1.165, 1.54) is 44.9 Å². The molecule has 2 fully saturated rings. The van der Waals surface area contributed by atoms with Crippen LogP contribution in [-0.4, -0.2) is 24.7 Å². The van der Waals surface area contributed by atoms with Crippen molar-refractivity contribution in [3.8, 4) is 0 Å². The number of ether oxygens (including phenoxy) is 1. The highest BCUT2D eigenvalue weighted by molar-refractivity contribution is 5.81. The molecule has 2 aliphatic rings. The number of nitrogens with one attached hydrogen (secondary N) is 1. The molecule has 0 aromatic carbocycles. The van der Waals surface area contributed by atoms with Crippen LogP contribution in [0, 0.1) is 11.8 Å². The van der Waals surface area contributed by atoms with Crippen LogP contribution in [0.15, 0.2) is 0 Å². The fourth-order valence-electron chi connectivity index (χ4n) is 4.56. The molecule has 2 saturated carbocycles. The second-order valence-corrected chi connectivity index (χ2v) is 7.39. The van der Waals surface area contributed by atoms with Crippen LogP contribution < -0.4 is 5.32 Å². The number of hydrogen-bond acceptors (Lipinski definition) is 3. The molecule has 2 aliphatic carbocycles. The first-order valence-corrected chi connectivity index (χ1v) is 8.96. The molecule has 0 aromatic rings. The van der Waals surface area contributed by atoms with Crippen LogP contribution in [0.3, 0.4) is 0 Å². The van der Waals surface area contributed by atoms with Crippen molar-refractivity contribution in [1.82, 2.24) is 5.32 Å². The normalized spacial score (nSPS) is 31.9. The monoisotopic (exact) mass is 295 g/mol. The van der Waals surface area contributed by atoms with Gasteiger partial charge in [0, 0.05) is 6.04 Å². The quantitative estimate of drug-likeness (QED) is 0.628. The molecular weight excluding hydrogens is 262 g/mol. The Balaban J connectivity index is 2.20. The van der Waals surface area contributed by atoms with Gasteiger partial charge in [0.1, 0.15) is 5.54 Å². The third-order valence-corrected chi connectivity index (χ3v) is 5.64. The molecule has 21 heavy (non-hydrogen) atoms. The molecular formula is C18H33NO2. The van der Waals surface area contributed by atoms with Gasteiger partial charge in [-0.3, -0.25) is 10.1 Å². The minimum Gasteiger partial charge on any atom is -0.468 e. The molecule has 122 valence electrons. The lowest BCUT2D eigenvalue weighted by Crippen LogP contribution is -2.63. The zero-order valence-electron chi connectivity index (χ0n) is 14.1. The van der Waals surface area contributed by atoms with Crippen LogP contribution in [-0.2, 0) is 9.53 Å². The van der Waals surface area contributed by atoms with E-state index in [0.29, 0.717) is 17.9 Å². The average molecular weight is 295 g/mol. The van der Waals surface area contributed by atoms with Gasteiger partial charge < -0.3 is 4.74 Å². The van der Waals surface area contributed by atoms with Crippen LogP contribution in [0.1, 0.15) is 78.1 Å². The summed E-state index contributed by atoms with van der Waals surface area (Å²) in [7, 11) is 1.55. The second-order valence-electron chi connectivity index (χ2n) is 7.39. The zero-order valence-corrected chi connectivity index (χ0v) is 14.1. The average Bonchev–Trinajstić information content (AvgIpc) is 2.75. The van der Waals surface area contributed by atoms with Crippen molar-refractivity contribution in [3.05, 3.63) is 0 Å². The lowest BCUT2D eigenvalue weighted by molar-refractivity contribution is -0.155. The summed E-state index contributed by atoms with van der Waals surface area (Å²) in [5, 5.41) is 3.82. The lowest BCUT2D eigenvalue weighted by atomic mass is 9.67. The van der Waals surface area contributed by atoms with Crippen molar-refractivity contribution in [2.75, 3.05) is 7.11 Å². The molecule has 0 spiro atoms. The van der Waals surface area contributed by atoms with Crippen molar-refractivity contribution in [1.29, 1.82) is 0 Å².